The highest BCUT2D eigenvalue weighted by Crippen LogP contribution is 2.20. The van der Waals surface area contributed by atoms with Gasteiger partial charge in [-0.15, -0.1) is 11.8 Å². The van der Waals surface area contributed by atoms with Crippen molar-refractivity contribution in [1.29, 1.82) is 0 Å². The first kappa shape index (κ1) is 10.0. The zero-order valence-corrected chi connectivity index (χ0v) is 9.18. The van der Waals surface area contributed by atoms with Crippen molar-refractivity contribution in [3.63, 3.8) is 0 Å². The molecule has 0 bridgehead atoms. The van der Waals surface area contributed by atoms with Gasteiger partial charge in [-0.1, -0.05) is 24.0 Å². The standard InChI is InChI=1S/C6H8N2OS3/c1-4(11-2)7-8-5(9)3-12-6(8)10/h3H2,1-2H3. The third-order valence-electron chi connectivity index (χ3n) is 1.26. The van der Waals surface area contributed by atoms with E-state index in [1.54, 1.807) is 0 Å². The molecule has 0 unspecified atom stereocenters. The maximum absolute atomic E-state index is 11.1. The Kier molecular flexibility index (Phi) is 3.54. The fourth-order valence-electron chi connectivity index (χ4n) is 0.626. The number of carbonyl (C=O) groups is 1. The average molecular weight is 220 g/mol. The largest absolute Gasteiger partial charge is 0.272 e. The minimum absolute atomic E-state index is 0.0293. The van der Waals surface area contributed by atoms with Crippen molar-refractivity contribution in [1.82, 2.24) is 5.01 Å². The van der Waals surface area contributed by atoms with Crippen LogP contribution < -0.4 is 0 Å². The highest BCUT2D eigenvalue weighted by Gasteiger charge is 2.26. The molecule has 1 aliphatic heterocycles. The van der Waals surface area contributed by atoms with Crippen LogP contribution in [-0.4, -0.2) is 32.3 Å². The molecule has 66 valence electrons. The summed E-state index contributed by atoms with van der Waals surface area (Å²) in [5.74, 6) is 0.391. The van der Waals surface area contributed by atoms with Crippen LogP contribution in [0.5, 0.6) is 0 Å². The van der Waals surface area contributed by atoms with Crippen molar-refractivity contribution in [3.8, 4) is 0 Å². The number of hydrogen-bond donors (Lipinski definition) is 0. The van der Waals surface area contributed by atoms with Crippen LogP contribution in [0.2, 0.25) is 0 Å². The Labute approximate surface area is 84.9 Å². The van der Waals surface area contributed by atoms with Crippen molar-refractivity contribution >= 4 is 51.0 Å². The summed E-state index contributed by atoms with van der Waals surface area (Å²) in [6, 6.07) is 0. The maximum Gasteiger partial charge on any atom is 0.259 e. The zero-order valence-electron chi connectivity index (χ0n) is 6.73. The van der Waals surface area contributed by atoms with Gasteiger partial charge in [0, 0.05) is 0 Å². The predicted molar refractivity (Wildman–Crippen MR) is 58.5 cm³/mol. The van der Waals surface area contributed by atoms with Gasteiger partial charge in [-0.25, -0.2) is 0 Å². The molecule has 0 N–H and O–H groups in total. The van der Waals surface area contributed by atoms with Gasteiger partial charge in [-0.2, -0.15) is 10.1 Å². The van der Waals surface area contributed by atoms with Crippen molar-refractivity contribution in [2.75, 3.05) is 12.0 Å². The molecule has 0 aliphatic carbocycles. The van der Waals surface area contributed by atoms with Gasteiger partial charge in [0.25, 0.3) is 5.91 Å². The molecule has 12 heavy (non-hydrogen) atoms. The molecule has 1 amide bonds. The van der Waals surface area contributed by atoms with E-state index in [1.807, 2.05) is 13.2 Å². The summed E-state index contributed by atoms with van der Waals surface area (Å²) in [6.45, 7) is 1.85. The number of hydrazone groups is 1. The van der Waals surface area contributed by atoms with Crippen LogP contribution in [-0.2, 0) is 4.79 Å². The van der Waals surface area contributed by atoms with E-state index >= 15 is 0 Å². The lowest BCUT2D eigenvalue weighted by atomic mass is 10.7. The minimum atomic E-state index is -0.0293. The smallest absolute Gasteiger partial charge is 0.259 e. The molecule has 1 aliphatic rings. The van der Waals surface area contributed by atoms with Crippen molar-refractivity contribution in [2.24, 2.45) is 5.10 Å². The van der Waals surface area contributed by atoms with Crippen LogP contribution in [0.3, 0.4) is 0 Å². The molecule has 0 spiro atoms. The third-order valence-corrected chi connectivity index (χ3v) is 3.27. The summed E-state index contributed by atoms with van der Waals surface area (Å²) in [4.78, 5) is 11.1. The number of thiocarbonyl (C=S) groups is 1. The second-order valence-corrected chi connectivity index (χ2v) is 4.69. The van der Waals surface area contributed by atoms with Gasteiger partial charge in [0.1, 0.15) is 0 Å². The molecule has 0 aromatic carbocycles. The summed E-state index contributed by atoms with van der Waals surface area (Å²) < 4.78 is 0.549. The first-order chi connectivity index (χ1) is 5.65. The van der Waals surface area contributed by atoms with Gasteiger partial charge in [-0.05, 0) is 13.2 Å². The van der Waals surface area contributed by atoms with Crippen LogP contribution in [0.15, 0.2) is 5.10 Å². The summed E-state index contributed by atoms with van der Waals surface area (Å²) in [6.07, 6.45) is 1.91. The minimum Gasteiger partial charge on any atom is -0.272 e. The zero-order chi connectivity index (χ0) is 9.14. The number of carbonyl (C=O) groups excluding carboxylic acids is 1. The fourth-order valence-corrected chi connectivity index (χ4v) is 1.74. The Morgan fingerprint density at radius 3 is 2.92 bits per heavy atom. The quantitative estimate of drug-likeness (QED) is 0.381. The first-order valence-corrected chi connectivity index (χ1v) is 5.86. The van der Waals surface area contributed by atoms with E-state index in [0.717, 1.165) is 5.04 Å². The molecule has 1 heterocycles. The average Bonchev–Trinajstić information content (AvgIpc) is 2.35. The Balaban J connectivity index is 2.74. The molecule has 0 atom stereocenters. The lowest BCUT2D eigenvalue weighted by Gasteiger charge is -2.07. The van der Waals surface area contributed by atoms with Crippen LogP contribution in [0.1, 0.15) is 6.92 Å². The maximum atomic E-state index is 11.1. The number of hydrogen-bond acceptors (Lipinski definition) is 5. The molecule has 0 aromatic rings. The summed E-state index contributed by atoms with van der Waals surface area (Å²) >= 11 is 7.80. The number of amides is 1. The van der Waals surface area contributed by atoms with E-state index in [1.165, 1.54) is 28.5 Å². The second-order valence-electron chi connectivity index (χ2n) is 2.08. The van der Waals surface area contributed by atoms with Crippen LogP contribution in [0, 0.1) is 0 Å². The Bertz CT molecular complexity index is 235. The molecular formula is C6H8N2OS3. The lowest BCUT2D eigenvalue weighted by Crippen LogP contribution is -2.23. The topological polar surface area (TPSA) is 32.7 Å². The molecule has 1 fully saturated rings. The van der Waals surface area contributed by atoms with Gasteiger partial charge >= 0.3 is 0 Å². The summed E-state index contributed by atoms with van der Waals surface area (Å²) in [7, 11) is 0. The summed E-state index contributed by atoms with van der Waals surface area (Å²) in [5, 5.41) is 6.20. The van der Waals surface area contributed by atoms with E-state index < -0.39 is 0 Å². The SMILES string of the molecule is CSC(C)=NN1C(=O)CSC1=S. The molecule has 0 radical (unpaired) electrons. The van der Waals surface area contributed by atoms with Crippen LogP contribution in [0.25, 0.3) is 0 Å². The molecule has 6 heteroatoms. The Morgan fingerprint density at radius 2 is 2.50 bits per heavy atom. The van der Waals surface area contributed by atoms with Crippen LogP contribution in [0.4, 0.5) is 0 Å². The van der Waals surface area contributed by atoms with E-state index in [-0.39, 0.29) is 5.91 Å². The van der Waals surface area contributed by atoms with Gasteiger partial charge in [0.2, 0.25) is 0 Å². The van der Waals surface area contributed by atoms with Crippen molar-refractivity contribution in [3.05, 3.63) is 0 Å². The molecule has 0 aromatic heterocycles. The van der Waals surface area contributed by atoms with Gasteiger partial charge in [0.15, 0.2) is 4.32 Å². The molecule has 1 saturated heterocycles. The lowest BCUT2D eigenvalue weighted by molar-refractivity contribution is -0.124. The fraction of sp³-hybridized carbons (Fsp3) is 0.500. The highest BCUT2D eigenvalue weighted by molar-refractivity contribution is 8.24. The van der Waals surface area contributed by atoms with E-state index in [0.29, 0.717) is 10.1 Å². The number of nitrogens with zero attached hydrogens (tertiary/aromatic N) is 2. The first-order valence-electron chi connectivity index (χ1n) is 3.24. The van der Waals surface area contributed by atoms with E-state index in [2.05, 4.69) is 5.10 Å². The summed E-state index contributed by atoms with van der Waals surface area (Å²) in [5.41, 5.74) is 0. The molecule has 0 saturated carbocycles. The number of thioether (sulfide) groups is 2. The highest BCUT2D eigenvalue weighted by atomic mass is 32.2. The molecular weight excluding hydrogens is 212 g/mol. The van der Waals surface area contributed by atoms with Crippen LogP contribution >= 0.6 is 35.7 Å². The predicted octanol–water partition coefficient (Wildman–Crippen LogP) is 1.54. The normalized spacial score (nSPS) is 19.2. The van der Waals surface area contributed by atoms with Gasteiger partial charge < -0.3 is 0 Å². The van der Waals surface area contributed by atoms with Crippen molar-refractivity contribution in [2.45, 2.75) is 6.92 Å². The van der Waals surface area contributed by atoms with Gasteiger partial charge in [0.05, 0.1) is 10.8 Å². The van der Waals surface area contributed by atoms with E-state index in [4.69, 9.17) is 12.2 Å². The Hall–Kier alpha value is -0.0700. The monoisotopic (exact) mass is 220 g/mol. The van der Waals surface area contributed by atoms with Crippen molar-refractivity contribution < 1.29 is 4.79 Å². The van der Waals surface area contributed by atoms with E-state index in [9.17, 15) is 4.79 Å². The molecule has 3 nitrogen and oxygen atoms in total. The number of rotatable bonds is 1. The second kappa shape index (κ2) is 4.25. The molecule has 1 rings (SSSR count). The third kappa shape index (κ3) is 2.21. The Morgan fingerprint density at radius 1 is 1.83 bits per heavy atom. The van der Waals surface area contributed by atoms with Gasteiger partial charge in [-0.3, -0.25) is 4.79 Å².